The summed E-state index contributed by atoms with van der Waals surface area (Å²) in [5.74, 6) is 0. The van der Waals surface area contributed by atoms with Gasteiger partial charge in [0.2, 0.25) is 0 Å². The highest BCUT2D eigenvalue weighted by Crippen LogP contribution is 2.29. The molecule has 0 amide bonds. The Kier molecular flexibility index (Phi) is 5.78. The summed E-state index contributed by atoms with van der Waals surface area (Å²) in [6.07, 6.45) is -5.18. The summed E-state index contributed by atoms with van der Waals surface area (Å²) in [4.78, 5) is 0. The summed E-state index contributed by atoms with van der Waals surface area (Å²) in [5.41, 5.74) is -0.269. The largest absolute Gasteiger partial charge is 0.416 e. The molecule has 0 spiro atoms. The molecule has 3 nitrogen and oxygen atoms in total. The third-order valence-corrected chi connectivity index (χ3v) is 2.79. The Morgan fingerprint density at radius 2 is 1.79 bits per heavy atom. The maximum atomic E-state index is 12.4. The molecule has 1 aromatic carbocycles. The topological polar surface area (TPSA) is 41.5 Å². The lowest BCUT2D eigenvalue weighted by Crippen LogP contribution is -2.29. The first kappa shape index (κ1) is 15.9. The third-order valence-electron chi connectivity index (χ3n) is 2.79. The van der Waals surface area contributed by atoms with E-state index >= 15 is 0 Å². The average Bonchev–Trinajstić information content (AvgIpc) is 2.37. The molecule has 0 bridgehead atoms. The molecule has 108 valence electrons. The van der Waals surface area contributed by atoms with E-state index in [9.17, 15) is 18.3 Å². The lowest BCUT2D eigenvalue weighted by Gasteiger charge is -2.15. The molecule has 2 N–H and O–H groups in total. The first-order valence-corrected chi connectivity index (χ1v) is 5.93. The second-order valence-electron chi connectivity index (χ2n) is 4.34. The summed E-state index contributed by atoms with van der Waals surface area (Å²) in [7, 11) is 1.58. The number of rotatable bonds is 6. The van der Waals surface area contributed by atoms with Crippen LogP contribution in [0.4, 0.5) is 13.2 Å². The van der Waals surface area contributed by atoms with Crippen LogP contribution in [-0.2, 0) is 10.9 Å². The zero-order chi connectivity index (χ0) is 14.5. The van der Waals surface area contributed by atoms with Gasteiger partial charge in [-0.05, 0) is 24.6 Å². The number of aliphatic hydroxyl groups is 1. The molecule has 0 radical (unpaired) electrons. The smallest absolute Gasteiger partial charge is 0.387 e. The molecule has 0 heterocycles. The number of nitrogens with one attached hydrogen (secondary N) is 1. The van der Waals surface area contributed by atoms with Gasteiger partial charge in [-0.1, -0.05) is 12.1 Å². The average molecular weight is 277 g/mol. The van der Waals surface area contributed by atoms with Crippen molar-refractivity contribution in [3.05, 3.63) is 35.4 Å². The van der Waals surface area contributed by atoms with Gasteiger partial charge in [-0.3, -0.25) is 0 Å². The van der Waals surface area contributed by atoms with Gasteiger partial charge in [0, 0.05) is 20.2 Å². The van der Waals surface area contributed by atoms with E-state index in [0.717, 1.165) is 12.1 Å². The molecule has 1 aromatic rings. The summed E-state index contributed by atoms with van der Waals surface area (Å²) in [6.45, 7) is 2.70. The van der Waals surface area contributed by atoms with Crippen molar-refractivity contribution in [2.75, 3.05) is 20.2 Å². The first-order chi connectivity index (χ1) is 8.84. The zero-order valence-corrected chi connectivity index (χ0v) is 10.9. The van der Waals surface area contributed by atoms with Crippen LogP contribution in [0, 0.1) is 0 Å². The van der Waals surface area contributed by atoms with Crippen molar-refractivity contribution in [3.8, 4) is 0 Å². The SMILES string of the molecule is COC(C)CNCC(O)c1ccc(C(F)(F)F)cc1. The van der Waals surface area contributed by atoms with Crippen LogP contribution < -0.4 is 5.32 Å². The van der Waals surface area contributed by atoms with Crippen LogP contribution in [0.3, 0.4) is 0 Å². The van der Waals surface area contributed by atoms with Crippen molar-refractivity contribution < 1.29 is 23.0 Å². The van der Waals surface area contributed by atoms with Crippen LogP contribution in [0.15, 0.2) is 24.3 Å². The second-order valence-corrected chi connectivity index (χ2v) is 4.34. The first-order valence-electron chi connectivity index (χ1n) is 5.93. The van der Waals surface area contributed by atoms with Gasteiger partial charge in [-0.15, -0.1) is 0 Å². The number of hydrogen-bond acceptors (Lipinski definition) is 3. The lowest BCUT2D eigenvalue weighted by atomic mass is 10.1. The standard InChI is InChI=1S/C13H18F3NO2/c1-9(19-2)7-17-8-12(18)10-3-5-11(6-4-10)13(14,15)16/h3-6,9,12,17-18H,7-8H2,1-2H3. The van der Waals surface area contributed by atoms with Gasteiger partial charge >= 0.3 is 6.18 Å². The normalized spacial score (nSPS) is 15.3. The van der Waals surface area contributed by atoms with Gasteiger partial charge in [-0.25, -0.2) is 0 Å². The Labute approximate surface area is 110 Å². The van der Waals surface area contributed by atoms with E-state index in [4.69, 9.17) is 4.74 Å². The van der Waals surface area contributed by atoms with Crippen LogP contribution in [0.25, 0.3) is 0 Å². The highest BCUT2D eigenvalue weighted by atomic mass is 19.4. The number of hydrogen-bond donors (Lipinski definition) is 2. The summed E-state index contributed by atoms with van der Waals surface area (Å²) in [6, 6.07) is 4.51. The Bertz CT molecular complexity index is 378. The molecular weight excluding hydrogens is 259 g/mol. The van der Waals surface area contributed by atoms with Gasteiger partial charge in [0.15, 0.2) is 0 Å². The fourth-order valence-electron chi connectivity index (χ4n) is 1.52. The lowest BCUT2D eigenvalue weighted by molar-refractivity contribution is -0.137. The van der Waals surface area contributed by atoms with Gasteiger partial charge in [0.25, 0.3) is 0 Å². The second kappa shape index (κ2) is 6.88. The maximum absolute atomic E-state index is 12.4. The van der Waals surface area contributed by atoms with E-state index in [1.165, 1.54) is 12.1 Å². The van der Waals surface area contributed by atoms with E-state index in [1.54, 1.807) is 7.11 Å². The molecule has 2 atom stereocenters. The third kappa shape index (κ3) is 5.18. The molecule has 0 saturated heterocycles. The molecule has 0 fully saturated rings. The van der Waals surface area contributed by atoms with Crippen LogP contribution in [0.5, 0.6) is 0 Å². The highest BCUT2D eigenvalue weighted by Gasteiger charge is 2.30. The molecule has 1 rings (SSSR count). The Morgan fingerprint density at radius 3 is 2.26 bits per heavy atom. The van der Waals surface area contributed by atoms with Gasteiger partial charge < -0.3 is 15.2 Å². The van der Waals surface area contributed by atoms with Crippen molar-refractivity contribution in [2.45, 2.75) is 25.3 Å². The van der Waals surface area contributed by atoms with Crippen molar-refractivity contribution in [3.63, 3.8) is 0 Å². The van der Waals surface area contributed by atoms with Crippen LogP contribution >= 0.6 is 0 Å². The Balaban J connectivity index is 2.51. The monoisotopic (exact) mass is 277 g/mol. The van der Waals surface area contributed by atoms with E-state index in [1.807, 2.05) is 6.92 Å². The molecule has 2 unspecified atom stereocenters. The minimum atomic E-state index is -4.35. The van der Waals surface area contributed by atoms with Crippen molar-refractivity contribution in [1.29, 1.82) is 0 Å². The zero-order valence-electron chi connectivity index (χ0n) is 10.9. The molecule has 0 aliphatic heterocycles. The number of alkyl halides is 3. The quantitative estimate of drug-likeness (QED) is 0.838. The predicted octanol–water partition coefficient (Wildman–Crippen LogP) is 2.36. The van der Waals surface area contributed by atoms with Gasteiger partial charge in [-0.2, -0.15) is 13.2 Å². The Morgan fingerprint density at radius 1 is 1.21 bits per heavy atom. The summed E-state index contributed by atoms with van der Waals surface area (Å²) in [5, 5.41) is 12.8. The van der Waals surface area contributed by atoms with Gasteiger partial charge in [0.05, 0.1) is 17.8 Å². The molecule has 0 saturated carbocycles. The molecule has 6 heteroatoms. The molecule has 0 aromatic heterocycles. The van der Waals surface area contributed by atoms with E-state index < -0.39 is 17.8 Å². The maximum Gasteiger partial charge on any atom is 0.416 e. The van der Waals surface area contributed by atoms with E-state index in [0.29, 0.717) is 12.1 Å². The summed E-state index contributed by atoms with van der Waals surface area (Å²) >= 11 is 0. The van der Waals surface area contributed by atoms with Crippen molar-refractivity contribution >= 4 is 0 Å². The Hall–Kier alpha value is -1.11. The fourth-order valence-corrected chi connectivity index (χ4v) is 1.52. The number of aliphatic hydroxyl groups excluding tert-OH is 1. The van der Waals surface area contributed by atoms with Crippen LogP contribution in [0.2, 0.25) is 0 Å². The number of methoxy groups -OCH3 is 1. The van der Waals surface area contributed by atoms with Crippen LogP contribution in [0.1, 0.15) is 24.2 Å². The molecular formula is C13H18F3NO2. The number of ether oxygens (including phenoxy) is 1. The highest BCUT2D eigenvalue weighted by molar-refractivity contribution is 5.26. The van der Waals surface area contributed by atoms with E-state index in [2.05, 4.69) is 5.32 Å². The molecule has 0 aliphatic rings. The van der Waals surface area contributed by atoms with Crippen molar-refractivity contribution in [2.24, 2.45) is 0 Å². The van der Waals surface area contributed by atoms with Gasteiger partial charge in [0.1, 0.15) is 0 Å². The van der Waals surface area contributed by atoms with E-state index in [-0.39, 0.29) is 12.6 Å². The van der Waals surface area contributed by atoms with Crippen molar-refractivity contribution in [1.82, 2.24) is 5.32 Å². The number of benzene rings is 1. The molecule has 19 heavy (non-hydrogen) atoms. The fraction of sp³-hybridized carbons (Fsp3) is 0.538. The molecule has 0 aliphatic carbocycles. The van der Waals surface area contributed by atoms with Crippen LogP contribution in [-0.4, -0.2) is 31.4 Å². The predicted molar refractivity (Wildman–Crippen MR) is 65.7 cm³/mol. The minimum absolute atomic E-state index is 0.0137. The minimum Gasteiger partial charge on any atom is -0.387 e. The summed E-state index contributed by atoms with van der Waals surface area (Å²) < 4.78 is 42.1. The number of halogens is 3.